The minimum absolute atomic E-state index is 0.0252. The number of carbonyl (C=O) groups excluding carboxylic acids is 1. The fraction of sp³-hybridized carbons (Fsp3) is 0.303. The predicted octanol–water partition coefficient (Wildman–Crippen LogP) is 7.04. The van der Waals surface area contributed by atoms with E-state index in [4.69, 9.17) is 16.0 Å². The van der Waals surface area contributed by atoms with E-state index in [1.807, 2.05) is 90.9 Å². The molecule has 1 aliphatic carbocycles. The van der Waals surface area contributed by atoms with Crippen molar-refractivity contribution in [1.82, 2.24) is 24.3 Å². The van der Waals surface area contributed by atoms with E-state index in [0.29, 0.717) is 23.9 Å². The zero-order valence-corrected chi connectivity index (χ0v) is 23.5. The van der Waals surface area contributed by atoms with Crippen molar-refractivity contribution in [2.45, 2.75) is 51.3 Å². The zero-order chi connectivity index (χ0) is 28.9. The Morgan fingerprint density at radius 3 is 2.69 bits per heavy atom. The van der Waals surface area contributed by atoms with E-state index in [1.165, 1.54) is 19.2 Å². The van der Waals surface area contributed by atoms with Crippen LogP contribution in [-0.2, 0) is 16.3 Å². The first-order valence-corrected chi connectivity index (χ1v) is 14.3. The maximum absolute atomic E-state index is 13.0. The molecule has 1 aliphatic rings. The second-order valence-electron chi connectivity index (χ2n) is 10.7. The molecule has 9 heteroatoms. The molecule has 0 amide bonds. The lowest BCUT2D eigenvalue weighted by atomic mass is 9.98. The molecule has 0 radical (unpaired) electrons. The van der Waals surface area contributed by atoms with E-state index in [2.05, 4.69) is 19.9 Å². The van der Waals surface area contributed by atoms with Gasteiger partial charge in [-0.25, -0.2) is 16.5 Å². The Kier molecular flexibility index (Phi) is 7.95. The molecule has 0 N–H and O–H groups in total. The SMILES string of the molecule is [C-]#[N+]C[C@H](C1CCCC1)n1cc(-c2ncnc3c2ccn3COC(=O)C(C)c2cccc(Oc3ccccc3)c2)cn1. The second-order valence-corrected chi connectivity index (χ2v) is 10.7. The monoisotopic (exact) mass is 560 g/mol. The zero-order valence-electron chi connectivity index (χ0n) is 23.5. The van der Waals surface area contributed by atoms with Gasteiger partial charge in [0.2, 0.25) is 6.54 Å². The lowest BCUT2D eigenvalue weighted by molar-refractivity contribution is -0.148. The van der Waals surface area contributed by atoms with Gasteiger partial charge in [0.25, 0.3) is 0 Å². The summed E-state index contributed by atoms with van der Waals surface area (Å²) >= 11 is 0. The number of benzene rings is 2. The van der Waals surface area contributed by atoms with Gasteiger partial charge in [0.1, 0.15) is 29.5 Å². The number of esters is 1. The molecular formula is C33H32N6O3. The minimum Gasteiger partial charge on any atom is -0.457 e. The first-order chi connectivity index (χ1) is 20.6. The lowest BCUT2D eigenvalue weighted by Crippen LogP contribution is -2.20. The Hall–Kier alpha value is -4.97. The number of carbonyl (C=O) groups is 1. The van der Waals surface area contributed by atoms with Crippen LogP contribution in [0.1, 0.15) is 50.1 Å². The van der Waals surface area contributed by atoms with Gasteiger partial charge in [0.05, 0.1) is 17.8 Å². The summed E-state index contributed by atoms with van der Waals surface area (Å²) < 4.78 is 15.4. The number of fused-ring (bicyclic) bond motifs is 1. The summed E-state index contributed by atoms with van der Waals surface area (Å²) in [6.07, 6.45) is 11.9. The quantitative estimate of drug-likeness (QED) is 0.134. The molecular weight excluding hydrogens is 528 g/mol. The van der Waals surface area contributed by atoms with Crippen LogP contribution in [-0.4, -0.2) is 36.8 Å². The average Bonchev–Trinajstić information content (AvgIpc) is 3.81. The summed E-state index contributed by atoms with van der Waals surface area (Å²) in [6.45, 7) is 9.72. The number of hydrogen-bond donors (Lipinski definition) is 0. The Morgan fingerprint density at radius 1 is 1.07 bits per heavy atom. The molecule has 9 nitrogen and oxygen atoms in total. The average molecular weight is 561 g/mol. The topological polar surface area (TPSA) is 88.4 Å². The number of rotatable bonds is 10. The van der Waals surface area contributed by atoms with Crippen molar-refractivity contribution >= 4 is 17.0 Å². The normalized spacial score (nSPS) is 14.9. The Balaban J connectivity index is 1.15. The first-order valence-electron chi connectivity index (χ1n) is 14.3. The van der Waals surface area contributed by atoms with E-state index in [1.54, 1.807) is 4.57 Å². The predicted molar refractivity (Wildman–Crippen MR) is 159 cm³/mol. The summed E-state index contributed by atoms with van der Waals surface area (Å²) in [7, 11) is 0. The highest BCUT2D eigenvalue weighted by atomic mass is 16.5. The fourth-order valence-electron chi connectivity index (χ4n) is 5.73. The first kappa shape index (κ1) is 27.2. The highest BCUT2D eigenvalue weighted by Crippen LogP contribution is 2.35. The molecule has 2 aromatic carbocycles. The summed E-state index contributed by atoms with van der Waals surface area (Å²) in [4.78, 5) is 25.7. The number of aromatic nitrogens is 5. The molecule has 1 unspecified atom stereocenters. The molecule has 3 heterocycles. The van der Waals surface area contributed by atoms with Crippen molar-refractivity contribution in [2.75, 3.05) is 6.54 Å². The van der Waals surface area contributed by atoms with Crippen LogP contribution in [0.25, 0.3) is 27.1 Å². The molecule has 0 saturated heterocycles. The highest BCUT2D eigenvalue weighted by molar-refractivity contribution is 5.90. The fourth-order valence-corrected chi connectivity index (χ4v) is 5.73. The molecule has 5 aromatic rings. The van der Waals surface area contributed by atoms with Crippen molar-refractivity contribution in [3.63, 3.8) is 0 Å². The molecule has 0 spiro atoms. The van der Waals surface area contributed by atoms with E-state index in [0.717, 1.165) is 40.8 Å². The van der Waals surface area contributed by atoms with E-state index >= 15 is 0 Å². The van der Waals surface area contributed by atoms with Crippen LogP contribution in [0.4, 0.5) is 0 Å². The third-order valence-corrected chi connectivity index (χ3v) is 8.03. The van der Waals surface area contributed by atoms with E-state index in [9.17, 15) is 4.79 Å². The molecule has 0 bridgehead atoms. The molecule has 1 fully saturated rings. The van der Waals surface area contributed by atoms with Gasteiger partial charge in [-0.2, -0.15) is 5.10 Å². The summed E-state index contributed by atoms with van der Waals surface area (Å²) in [5.74, 6) is 1.04. The third-order valence-electron chi connectivity index (χ3n) is 8.03. The molecule has 42 heavy (non-hydrogen) atoms. The number of para-hydroxylation sites is 1. The van der Waals surface area contributed by atoms with Crippen LogP contribution < -0.4 is 4.74 Å². The van der Waals surface area contributed by atoms with Crippen LogP contribution >= 0.6 is 0 Å². The van der Waals surface area contributed by atoms with Gasteiger partial charge in [0.15, 0.2) is 6.73 Å². The van der Waals surface area contributed by atoms with Crippen LogP contribution in [0, 0.1) is 12.5 Å². The van der Waals surface area contributed by atoms with Crippen molar-refractivity contribution in [2.24, 2.45) is 5.92 Å². The maximum Gasteiger partial charge on any atom is 0.314 e. The van der Waals surface area contributed by atoms with E-state index in [-0.39, 0.29) is 18.7 Å². The third kappa shape index (κ3) is 5.75. The summed E-state index contributed by atoms with van der Waals surface area (Å²) in [5.41, 5.74) is 3.10. The van der Waals surface area contributed by atoms with Crippen molar-refractivity contribution in [3.8, 4) is 22.8 Å². The van der Waals surface area contributed by atoms with Crippen LogP contribution in [0.5, 0.6) is 11.5 Å². The second kappa shape index (κ2) is 12.3. The smallest absolute Gasteiger partial charge is 0.314 e. The molecule has 6 rings (SSSR count). The molecule has 1 saturated carbocycles. The summed E-state index contributed by atoms with van der Waals surface area (Å²) in [6, 6.07) is 19.0. The molecule has 0 aliphatic heterocycles. The Bertz CT molecular complexity index is 1710. The number of nitrogens with zero attached hydrogens (tertiary/aromatic N) is 6. The minimum atomic E-state index is -0.481. The van der Waals surface area contributed by atoms with Crippen molar-refractivity contribution < 1.29 is 14.3 Å². The summed E-state index contributed by atoms with van der Waals surface area (Å²) in [5, 5.41) is 5.48. The van der Waals surface area contributed by atoms with Gasteiger partial charge < -0.3 is 14.3 Å². The van der Waals surface area contributed by atoms with Crippen molar-refractivity contribution in [3.05, 3.63) is 103 Å². The van der Waals surface area contributed by atoms with E-state index < -0.39 is 5.92 Å². The highest BCUT2D eigenvalue weighted by Gasteiger charge is 2.29. The number of ether oxygens (including phenoxy) is 2. The van der Waals surface area contributed by atoms with Gasteiger partial charge >= 0.3 is 5.97 Å². The molecule has 212 valence electrons. The standard InChI is InChI=1S/C33H32N6O3/c1-23(25-11-8-14-28(17-25)42-27-12-4-3-5-13-27)33(40)41-22-38-16-15-29-31(35-21-36-32(29)38)26-18-37-39(20-26)30(19-34-2)24-9-6-7-10-24/h3-5,8,11-18,20-21,23-24,30H,6-7,9-10,19,22H2,1H3/t23?,30-/m1/s1. The van der Waals surface area contributed by atoms with Crippen LogP contribution in [0.2, 0.25) is 0 Å². The maximum atomic E-state index is 13.0. The van der Waals surface area contributed by atoms with Gasteiger partial charge in [-0.15, -0.1) is 0 Å². The Labute approximate surface area is 244 Å². The Morgan fingerprint density at radius 2 is 1.88 bits per heavy atom. The van der Waals surface area contributed by atoms with Crippen LogP contribution in [0.3, 0.4) is 0 Å². The van der Waals surface area contributed by atoms with Gasteiger partial charge in [0, 0.05) is 23.3 Å². The molecule has 3 aromatic heterocycles. The van der Waals surface area contributed by atoms with Gasteiger partial charge in [-0.1, -0.05) is 43.2 Å². The number of hydrogen-bond acceptors (Lipinski definition) is 6. The van der Waals surface area contributed by atoms with Crippen LogP contribution in [0.15, 0.2) is 85.6 Å². The largest absolute Gasteiger partial charge is 0.457 e. The van der Waals surface area contributed by atoms with Gasteiger partial charge in [-0.3, -0.25) is 14.0 Å². The molecule has 2 atom stereocenters. The van der Waals surface area contributed by atoms with Gasteiger partial charge in [-0.05, 0) is 61.6 Å². The van der Waals surface area contributed by atoms with Crippen molar-refractivity contribution in [1.29, 1.82) is 0 Å². The lowest BCUT2D eigenvalue weighted by Gasteiger charge is -2.18.